The third-order valence-corrected chi connectivity index (χ3v) is 2.93. The third kappa shape index (κ3) is 2.96. The van der Waals surface area contributed by atoms with Gasteiger partial charge in [0.2, 0.25) is 0 Å². The second-order valence-corrected chi connectivity index (χ2v) is 5.76. The van der Waals surface area contributed by atoms with Crippen LogP contribution in [0.3, 0.4) is 0 Å². The maximum absolute atomic E-state index is 12.0. The van der Waals surface area contributed by atoms with Crippen LogP contribution in [0.4, 0.5) is 5.82 Å². The number of rotatable bonds is 2. The van der Waals surface area contributed by atoms with Crippen LogP contribution in [0.2, 0.25) is 0 Å². The van der Waals surface area contributed by atoms with E-state index in [0.29, 0.717) is 11.5 Å². The average molecular weight is 274 g/mol. The molecule has 0 aliphatic carbocycles. The molecule has 1 amide bonds. The zero-order valence-electron chi connectivity index (χ0n) is 12.0. The van der Waals surface area contributed by atoms with Gasteiger partial charge in [0.05, 0.1) is 0 Å². The van der Waals surface area contributed by atoms with Crippen LogP contribution < -0.4 is 10.9 Å². The van der Waals surface area contributed by atoms with Crippen LogP contribution in [-0.2, 0) is 5.41 Å². The molecule has 20 heavy (non-hydrogen) atoms. The molecule has 6 heteroatoms. The Morgan fingerprint density at radius 1 is 1.30 bits per heavy atom. The molecular weight excluding hydrogens is 256 g/mol. The van der Waals surface area contributed by atoms with Crippen molar-refractivity contribution in [2.75, 3.05) is 5.32 Å². The summed E-state index contributed by atoms with van der Waals surface area (Å²) >= 11 is 0. The molecule has 0 radical (unpaired) electrons. The SMILES string of the molecule is Cc1ccc(C(=O)Nc2cc(C(C)(C)C)[nH]n2)c(=O)[nH]1. The number of nitrogens with zero attached hydrogens (tertiary/aromatic N) is 1. The zero-order chi connectivity index (χ0) is 14.9. The van der Waals surface area contributed by atoms with Crippen LogP contribution >= 0.6 is 0 Å². The summed E-state index contributed by atoms with van der Waals surface area (Å²) in [7, 11) is 0. The second kappa shape index (κ2) is 4.96. The molecule has 0 aromatic carbocycles. The largest absolute Gasteiger partial charge is 0.326 e. The van der Waals surface area contributed by atoms with E-state index in [4.69, 9.17) is 0 Å². The molecule has 0 saturated carbocycles. The number of aromatic amines is 2. The second-order valence-electron chi connectivity index (χ2n) is 5.76. The summed E-state index contributed by atoms with van der Waals surface area (Å²) in [6.45, 7) is 7.87. The van der Waals surface area contributed by atoms with Gasteiger partial charge in [-0.25, -0.2) is 0 Å². The Morgan fingerprint density at radius 3 is 2.55 bits per heavy atom. The lowest BCUT2D eigenvalue weighted by Crippen LogP contribution is -2.23. The molecule has 2 aromatic heterocycles. The summed E-state index contributed by atoms with van der Waals surface area (Å²) in [6.07, 6.45) is 0. The van der Waals surface area contributed by atoms with Crippen LogP contribution in [0, 0.1) is 6.92 Å². The van der Waals surface area contributed by atoms with E-state index in [-0.39, 0.29) is 11.0 Å². The Kier molecular flexibility index (Phi) is 3.48. The van der Waals surface area contributed by atoms with Gasteiger partial charge in [-0.05, 0) is 19.1 Å². The number of pyridine rings is 1. The molecule has 0 saturated heterocycles. The number of nitrogens with one attached hydrogen (secondary N) is 3. The van der Waals surface area contributed by atoms with Crippen molar-refractivity contribution >= 4 is 11.7 Å². The highest BCUT2D eigenvalue weighted by atomic mass is 16.2. The first-order valence-electron chi connectivity index (χ1n) is 6.34. The van der Waals surface area contributed by atoms with Gasteiger partial charge in [0.15, 0.2) is 5.82 Å². The van der Waals surface area contributed by atoms with E-state index in [1.54, 1.807) is 19.1 Å². The summed E-state index contributed by atoms with van der Waals surface area (Å²) in [5.41, 5.74) is 1.19. The van der Waals surface area contributed by atoms with E-state index in [2.05, 4.69) is 20.5 Å². The quantitative estimate of drug-likeness (QED) is 0.781. The van der Waals surface area contributed by atoms with Gasteiger partial charge in [0, 0.05) is 22.9 Å². The first-order chi connectivity index (χ1) is 9.27. The lowest BCUT2D eigenvalue weighted by molar-refractivity contribution is 0.102. The molecule has 0 aliphatic rings. The van der Waals surface area contributed by atoms with Crippen molar-refractivity contribution in [1.82, 2.24) is 15.2 Å². The van der Waals surface area contributed by atoms with Gasteiger partial charge in [0.25, 0.3) is 11.5 Å². The lowest BCUT2D eigenvalue weighted by atomic mass is 9.92. The van der Waals surface area contributed by atoms with Gasteiger partial charge in [-0.1, -0.05) is 20.8 Å². The van der Waals surface area contributed by atoms with Crippen LogP contribution in [0.1, 0.15) is 42.5 Å². The number of anilines is 1. The fourth-order valence-corrected chi connectivity index (χ4v) is 1.70. The van der Waals surface area contributed by atoms with Gasteiger partial charge in [0.1, 0.15) is 5.56 Å². The minimum Gasteiger partial charge on any atom is -0.326 e. The van der Waals surface area contributed by atoms with Crippen molar-refractivity contribution in [3.05, 3.63) is 45.5 Å². The van der Waals surface area contributed by atoms with Crippen LogP contribution in [0.15, 0.2) is 23.0 Å². The Bertz CT molecular complexity index is 692. The number of carbonyl (C=O) groups excluding carboxylic acids is 1. The van der Waals surface area contributed by atoms with Gasteiger partial charge < -0.3 is 10.3 Å². The third-order valence-electron chi connectivity index (χ3n) is 2.93. The minimum absolute atomic E-state index is 0.0657. The number of aromatic nitrogens is 3. The van der Waals surface area contributed by atoms with Gasteiger partial charge in [-0.2, -0.15) is 5.10 Å². The molecule has 0 unspecified atom stereocenters. The Morgan fingerprint density at radius 2 is 2.00 bits per heavy atom. The predicted octanol–water partition coefficient (Wildman–Crippen LogP) is 1.96. The van der Waals surface area contributed by atoms with Crippen molar-refractivity contribution < 1.29 is 4.79 Å². The number of H-pyrrole nitrogens is 2. The zero-order valence-corrected chi connectivity index (χ0v) is 12.0. The number of aryl methyl sites for hydroxylation is 1. The lowest BCUT2D eigenvalue weighted by Gasteiger charge is -2.14. The van der Waals surface area contributed by atoms with E-state index < -0.39 is 11.5 Å². The summed E-state index contributed by atoms with van der Waals surface area (Å²) in [5.74, 6) is -0.0712. The van der Waals surface area contributed by atoms with E-state index in [9.17, 15) is 9.59 Å². The number of hydrogen-bond donors (Lipinski definition) is 3. The van der Waals surface area contributed by atoms with E-state index in [1.807, 2.05) is 20.8 Å². The molecular formula is C14H18N4O2. The molecule has 2 aromatic rings. The molecule has 6 nitrogen and oxygen atoms in total. The Balaban J connectivity index is 2.20. The molecule has 2 heterocycles. The summed E-state index contributed by atoms with van der Waals surface area (Å²) in [6, 6.07) is 4.95. The number of carbonyl (C=O) groups is 1. The topological polar surface area (TPSA) is 90.6 Å². The maximum atomic E-state index is 12.0. The van der Waals surface area contributed by atoms with E-state index in [1.165, 1.54) is 6.07 Å². The first-order valence-corrected chi connectivity index (χ1v) is 6.34. The summed E-state index contributed by atoms with van der Waals surface area (Å²) in [4.78, 5) is 26.3. The fraction of sp³-hybridized carbons (Fsp3) is 0.357. The Labute approximate surface area is 116 Å². The fourth-order valence-electron chi connectivity index (χ4n) is 1.70. The number of amides is 1. The van der Waals surface area contributed by atoms with Crippen LogP contribution in [-0.4, -0.2) is 21.1 Å². The molecule has 0 atom stereocenters. The highest BCUT2D eigenvalue weighted by molar-refractivity contribution is 6.03. The highest BCUT2D eigenvalue weighted by Crippen LogP contribution is 2.21. The van der Waals surface area contributed by atoms with Crippen molar-refractivity contribution in [3.63, 3.8) is 0 Å². The monoisotopic (exact) mass is 274 g/mol. The predicted molar refractivity (Wildman–Crippen MR) is 77.0 cm³/mol. The van der Waals surface area contributed by atoms with Gasteiger partial charge in [-0.15, -0.1) is 0 Å². The van der Waals surface area contributed by atoms with Crippen molar-refractivity contribution in [3.8, 4) is 0 Å². The smallest absolute Gasteiger partial charge is 0.262 e. The molecule has 2 rings (SSSR count). The van der Waals surface area contributed by atoms with Crippen molar-refractivity contribution in [2.45, 2.75) is 33.1 Å². The molecule has 106 valence electrons. The molecule has 0 aliphatic heterocycles. The van der Waals surface area contributed by atoms with Crippen LogP contribution in [0.25, 0.3) is 0 Å². The molecule has 0 bridgehead atoms. The van der Waals surface area contributed by atoms with Crippen LogP contribution in [0.5, 0.6) is 0 Å². The standard InChI is InChI=1S/C14H18N4O2/c1-8-5-6-9(12(19)15-8)13(20)16-11-7-10(17-18-11)14(2,3)4/h5-7H,1-4H3,(H,15,19)(H2,16,17,18,20). The van der Waals surface area contributed by atoms with Crippen molar-refractivity contribution in [1.29, 1.82) is 0 Å². The number of hydrogen-bond acceptors (Lipinski definition) is 3. The van der Waals surface area contributed by atoms with Gasteiger partial charge >= 0.3 is 0 Å². The first kappa shape index (κ1) is 14.0. The van der Waals surface area contributed by atoms with Gasteiger partial charge in [-0.3, -0.25) is 14.7 Å². The minimum atomic E-state index is -0.474. The Hall–Kier alpha value is -2.37. The molecule has 3 N–H and O–H groups in total. The van der Waals surface area contributed by atoms with E-state index in [0.717, 1.165) is 5.69 Å². The summed E-state index contributed by atoms with van der Waals surface area (Å²) in [5, 5.41) is 9.51. The average Bonchev–Trinajstić information content (AvgIpc) is 2.76. The normalized spacial score (nSPS) is 11.4. The van der Waals surface area contributed by atoms with E-state index >= 15 is 0 Å². The van der Waals surface area contributed by atoms with Crippen molar-refractivity contribution in [2.24, 2.45) is 0 Å². The molecule has 0 spiro atoms. The summed E-state index contributed by atoms with van der Waals surface area (Å²) < 4.78 is 0. The maximum Gasteiger partial charge on any atom is 0.262 e. The highest BCUT2D eigenvalue weighted by Gasteiger charge is 2.18. The molecule has 0 fully saturated rings.